The lowest BCUT2D eigenvalue weighted by molar-refractivity contribution is -0.138. The number of halogens is 4. The molecule has 2 heterocycles. The number of alkyl halides is 3. The van der Waals surface area contributed by atoms with Crippen LogP contribution in [0.2, 0.25) is 5.02 Å². The number of thiophene rings is 1. The maximum Gasteiger partial charge on any atom is 0.405 e. The van der Waals surface area contributed by atoms with Crippen LogP contribution in [0.15, 0.2) is 41.5 Å². The van der Waals surface area contributed by atoms with E-state index in [9.17, 15) is 22.8 Å². The van der Waals surface area contributed by atoms with Gasteiger partial charge in [0, 0.05) is 9.90 Å². The smallest absolute Gasteiger partial charge is 0.345 e. The minimum absolute atomic E-state index is 0.320. The molecule has 0 aliphatic heterocycles. The van der Waals surface area contributed by atoms with Crippen molar-refractivity contribution in [2.45, 2.75) is 12.7 Å². The topological polar surface area (TPSA) is 64.0 Å². The van der Waals surface area contributed by atoms with E-state index in [1.807, 2.05) is 0 Å². The molecule has 0 radical (unpaired) electrons. The number of benzene rings is 1. The molecule has 0 unspecified atom stereocenters. The van der Waals surface area contributed by atoms with Gasteiger partial charge in [-0.2, -0.15) is 13.2 Å². The van der Waals surface area contributed by atoms with Crippen LogP contribution in [0.1, 0.15) is 0 Å². The van der Waals surface area contributed by atoms with Crippen LogP contribution >= 0.6 is 22.9 Å². The Bertz CT molecular complexity index is 1010. The van der Waals surface area contributed by atoms with E-state index in [-0.39, 0.29) is 0 Å². The van der Waals surface area contributed by atoms with Crippen LogP contribution in [-0.4, -0.2) is 28.2 Å². The molecule has 5 nitrogen and oxygen atoms in total. The molecular weight excluding hydrogens is 391 g/mol. The van der Waals surface area contributed by atoms with Gasteiger partial charge in [-0.1, -0.05) is 23.7 Å². The van der Waals surface area contributed by atoms with Gasteiger partial charge in [0.15, 0.2) is 0 Å². The van der Waals surface area contributed by atoms with Crippen LogP contribution in [0.3, 0.4) is 0 Å². The highest BCUT2D eigenvalue weighted by Gasteiger charge is 2.27. The summed E-state index contributed by atoms with van der Waals surface area (Å²) in [4.78, 5) is 29.0. The molecule has 0 spiro atoms. The Morgan fingerprint density at radius 2 is 1.96 bits per heavy atom. The van der Waals surface area contributed by atoms with Crippen LogP contribution in [0, 0.1) is 0 Å². The molecule has 0 aliphatic rings. The molecule has 10 heteroatoms. The van der Waals surface area contributed by atoms with Gasteiger partial charge < -0.3 is 5.32 Å². The van der Waals surface area contributed by atoms with Crippen molar-refractivity contribution in [1.29, 1.82) is 0 Å². The normalized spacial score (nSPS) is 11.7. The van der Waals surface area contributed by atoms with E-state index in [1.165, 1.54) is 11.3 Å². The van der Waals surface area contributed by atoms with Gasteiger partial charge in [0.05, 0.1) is 11.8 Å². The summed E-state index contributed by atoms with van der Waals surface area (Å²) in [6.07, 6.45) is -3.36. The fourth-order valence-electron chi connectivity index (χ4n) is 2.22. The Labute approximate surface area is 154 Å². The predicted octanol–water partition coefficient (Wildman–Crippen LogP) is 3.46. The average Bonchev–Trinajstić information content (AvgIpc) is 3.01. The SMILES string of the molecule is O=C(Cn1cnc2cc(-c3ccc(Cl)cc3)sc2c1=O)NCC(F)(F)F. The first-order valence-electron chi connectivity index (χ1n) is 7.31. The molecule has 26 heavy (non-hydrogen) atoms. The Kier molecular flexibility index (Phi) is 5.01. The zero-order valence-electron chi connectivity index (χ0n) is 13.0. The van der Waals surface area contributed by atoms with Crippen molar-refractivity contribution in [3.8, 4) is 10.4 Å². The number of hydrogen-bond donors (Lipinski definition) is 1. The van der Waals surface area contributed by atoms with E-state index in [0.717, 1.165) is 21.3 Å². The largest absolute Gasteiger partial charge is 0.405 e. The van der Waals surface area contributed by atoms with Gasteiger partial charge in [0.25, 0.3) is 5.56 Å². The predicted molar refractivity (Wildman–Crippen MR) is 93.4 cm³/mol. The molecule has 1 amide bonds. The van der Waals surface area contributed by atoms with Crippen LogP contribution in [-0.2, 0) is 11.3 Å². The number of hydrogen-bond acceptors (Lipinski definition) is 4. The lowest BCUT2D eigenvalue weighted by Gasteiger charge is -2.09. The monoisotopic (exact) mass is 401 g/mol. The summed E-state index contributed by atoms with van der Waals surface area (Å²) in [5, 5.41) is 2.31. The first-order valence-corrected chi connectivity index (χ1v) is 8.51. The lowest BCUT2D eigenvalue weighted by Crippen LogP contribution is -2.37. The van der Waals surface area contributed by atoms with Crippen molar-refractivity contribution in [2.24, 2.45) is 0 Å². The third-order valence-corrected chi connectivity index (χ3v) is 4.85. The zero-order valence-corrected chi connectivity index (χ0v) is 14.6. The van der Waals surface area contributed by atoms with E-state index in [0.29, 0.717) is 15.2 Å². The average molecular weight is 402 g/mol. The molecule has 0 bridgehead atoms. The quantitative estimate of drug-likeness (QED) is 0.728. The third-order valence-electron chi connectivity index (χ3n) is 3.43. The highest BCUT2D eigenvalue weighted by atomic mass is 35.5. The van der Waals surface area contributed by atoms with Gasteiger partial charge in [-0.3, -0.25) is 14.2 Å². The fraction of sp³-hybridized carbons (Fsp3) is 0.188. The van der Waals surface area contributed by atoms with Crippen molar-refractivity contribution in [3.05, 3.63) is 52.0 Å². The molecule has 2 aromatic heterocycles. The number of carbonyl (C=O) groups excluding carboxylic acids is 1. The Hall–Kier alpha value is -2.39. The fourth-order valence-corrected chi connectivity index (χ4v) is 3.41. The second-order valence-electron chi connectivity index (χ2n) is 5.40. The first kappa shape index (κ1) is 18.4. The standard InChI is InChI=1S/C16H11ClF3N3O2S/c17-10-3-1-9(2-4-10)12-5-11-14(26-12)15(25)23(8-22-11)6-13(24)21-7-16(18,19)20/h1-5,8H,6-7H2,(H,21,24). The molecule has 0 fully saturated rings. The number of amides is 1. The number of carbonyl (C=O) groups is 1. The Morgan fingerprint density at radius 3 is 2.62 bits per heavy atom. The minimum Gasteiger partial charge on any atom is -0.345 e. The molecular formula is C16H11ClF3N3O2S. The van der Waals surface area contributed by atoms with E-state index in [4.69, 9.17) is 11.6 Å². The molecule has 0 saturated heterocycles. The zero-order chi connectivity index (χ0) is 18.9. The summed E-state index contributed by atoms with van der Waals surface area (Å²) in [6.45, 7) is -1.98. The summed E-state index contributed by atoms with van der Waals surface area (Å²) >= 11 is 7.05. The van der Waals surface area contributed by atoms with Gasteiger partial charge in [-0.05, 0) is 23.8 Å². The van der Waals surface area contributed by atoms with Crippen LogP contribution in [0.5, 0.6) is 0 Å². The third kappa shape index (κ3) is 4.23. The van der Waals surface area contributed by atoms with E-state index in [2.05, 4.69) is 4.98 Å². The number of nitrogens with zero attached hydrogens (tertiary/aromatic N) is 2. The molecule has 0 atom stereocenters. The number of rotatable bonds is 4. The van der Waals surface area contributed by atoms with E-state index < -0.39 is 30.7 Å². The van der Waals surface area contributed by atoms with Crippen LogP contribution in [0.4, 0.5) is 13.2 Å². The van der Waals surface area contributed by atoms with Gasteiger partial charge in [0.2, 0.25) is 5.91 Å². The molecule has 0 aliphatic carbocycles. The minimum atomic E-state index is -4.51. The summed E-state index contributed by atoms with van der Waals surface area (Å²) < 4.78 is 37.7. The number of aromatic nitrogens is 2. The maximum atomic E-state index is 12.5. The highest BCUT2D eigenvalue weighted by molar-refractivity contribution is 7.22. The summed E-state index contributed by atoms with van der Waals surface area (Å²) in [6, 6.07) is 8.78. The first-order chi connectivity index (χ1) is 12.2. The second-order valence-corrected chi connectivity index (χ2v) is 6.89. The molecule has 136 valence electrons. The lowest BCUT2D eigenvalue weighted by atomic mass is 10.2. The van der Waals surface area contributed by atoms with Gasteiger partial charge >= 0.3 is 6.18 Å². The maximum absolute atomic E-state index is 12.5. The van der Waals surface area contributed by atoms with Crippen LogP contribution < -0.4 is 10.9 Å². The summed E-state index contributed by atoms with van der Waals surface area (Å²) in [7, 11) is 0. The van der Waals surface area contributed by atoms with Crippen molar-refractivity contribution < 1.29 is 18.0 Å². The van der Waals surface area contributed by atoms with Crippen molar-refractivity contribution >= 4 is 39.1 Å². The van der Waals surface area contributed by atoms with Gasteiger partial charge in [-0.25, -0.2) is 4.98 Å². The molecule has 1 N–H and O–H groups in total. The number of nitrogens with one attached hydrogen (secondary N) is 1. The number of fused-ring (bicyclic) bond motifs is 1. The molecule has 1 aromatic carbocycles. The van der Waals surface area contributed by atoms with Crippen molar-refractivity contribution in [2.75, 3.05) is 6.54 Å². The molecule has 3 rings (SSSR count). The molecule has 0 saturated carbocycles. The van der Waals surface area contributed by atoms with Gasteiger partial charge in [-0.15, -0.1) is 11.3 Å². The Balaban J connectivity index is 1.85. The van der Waals surface area contributed by atoms with E-state index in [1.54, 1.807) is 35.6 Å². The van der Waals surface area contributed by atoms with Crippen molar-refractivity contribution in [1.82, 2.24) is 14.9 Å². The van der Waals surface area contributed by atoms with Crippen molar-refractivity contribution in [3.63, 3.8) is 0 Å². The van der Waals surface area contributed by atoms with E-state index >= 15 is 0 Å². The summed E-state index contributed by atoms with van der Waals surface area (Å²) in [5.41, 5.74) is 0.825. The Morgan fingerprint density at radius 1 is 1.27 bits per heavy atom. The van der Waals surface area contributed by atoms with Gasteiger partial charge in [0.1, 0.15) is 17.8 Å². The highest BCUT2D eigenvalue weighted by Crippen LogP contribution is 2.31. The molecule has 3 aromatic rings. The summed E-state index contributed by atoms with van der Waals surface area (Å²) in [5.74, 6) is -0.917. The second kappa shape index (κ2) is 7.08. The van der Waals surface area contributed by atoms with Crippen LogP contribution in [0.25, 0.3) is 20.7 Å².